The number of furan rings is 1. The van der Waals surface area contributed by atoms with Crippen LogP contribution in [0, 0.1) is 0 Å². The molecule has 144 valence electrons. The van der Waals surface area contributed by atoms with Crippen LogP contribution in [0.25, 0.3) is 0 Å². The number of amides is 1. The lowest BCUT2D eigenvalue weighted by Gasteiger charge is -2.34. The molecule has 1 unspecified atom stereocenters. The molecule has 2 atom stereocenters. The van der Waals surface area contributed by atoms with Crippen molar-refractivity contribution in [2.75, 3.05) is 13.1 Å². The zero-order chi connectivity index (χ0) is 19.6. The van der Waals surface area contributed by atoms with Gasteiger partial charge in [-0.15, -0.1) is 0 Å². The Morgan fingerprint density at radius 1 is 1.19 bits per heavy atom. The summed E-state index contributed by atoms with van der Waals surface area (Å²) in [6.07, 6.45) is -0.346. The molecule has 0 saturated carbocycles. The maximum atomic E-state index is 12.8. The largest absolute Gasteiger partial charge is 0.479 e. The highest BCUT2D eigenvalue weighted by molar-refractivity contribution is 7.90. The van der Waals surface area contributed by atoms with Crippen LogP contribution in [0.3, 0.4) is 0 Å². The molecule has 27 heavy (non-hydrogen) atoms. The standard InChI is InChI=1S/C18H19NO7S/c1-12-9-19(10-15(26-12)18(21)22)17(20)16-13(7-8-25-16)11-27(23,24)14-5-3-2-4-6-14/h2-8,12,15H,9-11H2,1H3,(H,21,22)/t12-,15?/m1/s1. The Balaban J connectivity index is 1.82. The highest BCUT2D eigenvalue weighted by atomic mass is 32.2. The molecule has 1 N–H and O–H groups in total. The number of carboxylic acids is 1. The van der Waals surface area contributed by atoms with E-state index in [2.05, 4.69) is 0 Å². The number of carbonyl (C=O) groups excluding carboxylic acids is 1. The summed E-state index contributed by atoms with van der Waals surface area (Å²) in [6.45, 7) is 1.72. The van der Waals surface area contributed by atoms with Crippen LogP contribution in [0.2, 0.25) is 0 Å². The van der Waals surface area contributed by atoms with E-state index in [1.165, 1.54) is 29.4 Å². The Labute approximate surface area is 156 Å². The summed E-state index contributed by atoms with van der Waals surface area (Å²) >= 11 is 0. The Bertz CT molecular complexity index is 936. The average molecular weight is 393 g/mol. The van der Waals surface area contributed by atoms with E-state index in [0.717, 1.165) is 0 Å². The summed E-state index contributed by atoms with van der Waals surface area (Å²) in [5, 5.41) is 9.15. The van der Waals surface area contributed by atoms with Gasteiger partial charge in [-0.3, -0.25) is 4.79 Å². The Hall–Kier alpha value is -2.65. The molecule has 3 rings (SSSR count). The van der Waals surface area contributed by atoms with Gasteiger partial charge in [0.1, 0.15) is 0 Å². The topological polar surface area (TPSA) is 114 Å². The molecule has 0 radical (unpaired) electrons. The fourth-order valence-corrected chi connectivity index (χ4v) is 4.33. The minimum atomic E-state index is -3.65. The normalized spacial score (nSPS) is 20.4. The van der Waals surface area contributed by atoms with Gasteiger partial charge >= 0.3 is 5.97 Å². The third kappa shape index (κ3) is 4.20. The third-order valence-corrected chi connectivity index (χ3v) is 5.89. The van der Waals surface area contributed by atoms with E-state index >= 15 is 0 Å². The van der Waals surface area contributed by atoms with Crippen molar-refractivity contribution in [1.29, 1.82) is 0 Å². The monoisotopic (exact) mass is 393 g/mol. The summed E-state index contributed by atoms with van der Waals surface area (Å²) in [7, 11) is -3.65. The van der Waals surface area contributed by atoms with Crippen molar-refractivity contribution in [2.24, 2.45) is 0 Å². The summed E-state index contributed by atoms with van der Waals surface area (Å²) in [4.78, 5) is 25.5. The van der Waals surface area contributed by atoms with E-state index in [4.69, 9.17) is 14.3 Å². The van der Waals surface area contributed by atoms with Gasteiger partial charge in [-0.05, 0) is 25.1 Å². The third-order valence-electron chi connectivity index (χ3n) is 4.21. The van der Waals surface area contributed by atoms with E-state index in [9.17, 15) is 18.0 Å². The first kappa shape index (κ1) is 19.1. The molecule has 8 nitrogen and oxygen atoms in total. The predicted molar refractivity (Wildman–Crippen MR) is 93.9 cm³/mol. The number of rotatable bonds is 5. The van der Waals surface area contributed by atoms with Crippen molar-refractivity contribution in [2.45, 2.75) is 29.8 Å². The summed E-state index contributed by atoms with van der Waals surface area (Å²) in [6, 6.07) is 9.36. The first-order valence-electron chi connectivity index (χ1n) is 8.29. The summed E-state index contributed by atoms with van der Waals surface area (Å²) in [5.74, 6) is -2.21. The number of ether oxygens (including phenoxy) is 1. The molecule has 0 aliphatic carbocycles. The van der Waals surface area contributed by atoms with E-state index in [1.807, 2.05) is 0 Å². The number of aliphatic carboxylic acids is 1. The van der Waals surface area contributed by atoms with Crippen molar-refractivity contribution >= 4 is 21.7 Å². The quantitative estimate of drug-likeness (QED) is 0.820. The van der Waals surface area contributed by atoms with Gasteiger partial charge in [0.05, 0.1) is 29.6 Å². The average Bonchev–Trinajstić information content (AvgIpc) is 3.08. The van der Waals surface area contributed by atoms with Gasteiger partial charge in [-0.25, -0.2) is 13.2 Å². The van der Waals surface area contributed by atoms with Crippen LogP contribution in [0.1, 0.15) is 23.0 Å². The lowest BCUT2D eigenvalue weighted by molar-refractivity contribution is -0.160. The van der Waals surface area contributed by atoms with Crippen molar-refractivity contribution in [1.82, 2.24) is 4.90 Å². The lowest BCUT2D eigenvalue weighted by Crippen LogP contribution is -2.51. The van der Waals surface area contributed by atoms with E-state index in [0.29, 0.717) is 0 Å². The molecular weight excluding hydrogens is 374 g/mol. The van der Waals surface area contributed by atoms with Crippen LogP contribution in [0.15, 0.2) is 52.0 Å². The van der Waals surface area contributed by atoms with Crippen LogP contribution in [0.4, 0.5) is 0 Å². The van der Waals surface area contributed by atoms with Crippen LogP contribution in [-0.4, -0.2) is 55.6 Å². The maximum absolute atomic E-state index is 12.8. The number of sulfone groups is 1. The molecule has 1 aromatic carbocycles. The first-order chi connectivity index (χ1) is 12.8. The van der Waals surface area contributed by atoms with E-state index in [1.54, 1.807) is 25.1 Å². The zero-order valence-corrected chi connectivity index (χ0v) is 15.4. The van der Waals surface area contributed by atoms with Crippen molar-refractivity contribution < 1.29 is 32.3 Å². The lowest BCUT2D eigenvalue weighted by atomic mass is 10.2. The summed E-state index contributed by atoms with van der Waals surface area (Å²) < 4.78 is 35.7. The van der Waals surface area contributed by atoms with Gasteiger partial charge in [0, 0.05) is 12.1 Å². The highest BCUT2D eigenvalue weighted by Crippen LogP contribution is 2.22. The maximum Gasteiger partial charge on any atom is 0.334 e. The minimum Gasteiger partial charge on any atom is -0.479 e. The number of nitrogens with zero attached hydrogens (tertiary/aromatic N) is 1. The second-order valence-corrected chi connectivity index (χ2v) is 8.32. The number of carboxylic acid groups (broad SMARTS) is 1. The van der Waals surface area contributed by atoms with Crippen molar-refractivity contribution in [3.8, 4) is 0 Å². The second-order valence-electron chi connectivity index (χ2n) is 6.33. The molecule has 0 bridgehead atoms. The van der Waals surface area contributed by atoms with Gasteiger partial charge in [0.25, 0.3) is 5.91 Å². The number of benzene rings is 1. The Morgan fingerprint density at radius 2 is 1.89 bits per heavy atom. The van der Waals surface area contributed by atoms with Crippen molar-refractivity contribution in [3.63, 3.8) is 0 Å². The van der Waals surface area contributed by atoms with Crippen LogP contribution >= 0.6 is 0 Å². The Morgan fingerprint density at radius 3 is 2.56 bits per heavy atom. The van der Waals surface area contributed by atoms with Crippen LogP contribution in [0.5, 0.6) is 0 Å². The number of carbonyl (C=O) groups is 2. The van der Waals surface area contributed by atoms with E-state index in [-0.39, 0.29) is 29.3 Å². The van der Waals surface area contributed by atoms with Gasteiger partial charge in [-0.1, -0.05) is 18.2 Å². The number of hydrogen-bond acceptors (Lipinski definition) is 6. The number of hydrogen-bond donors (Lipinski definition) is 1. The molecule has 1 saturated heterocycles. The predicted octanol–water partition coefficient (Wildman–Crippen LogP) is 1.57. The van der Waals surface area contributed by atoms with Gasteiger partial charge < -0.3 is 19.2 Å². The van der Waals surface area contributed by atoms with Gasteiger partial charge in [0.15, 0.2) is 21.7 Å². The highest BCUT2D eigenvalue weighted by Gasteiger charge is 2.35. The molecule has 1 fully saturated rings. The molecule has 9 heteroatoms. The van der Waals surface area contributed by atoms with E-state index < -0.39 is 39.7 Å². The van der Waals surface area contributed by atoms with Crippen LogP contribution < -0.4 is 0 Å². The zero-order valence-electron chi connectivity index (χ0n) is 14.6. The molecule has 2 heterocycles. The summed E-state index contributed by atoms with van der Waals surface area (Å²) in [5.41, 5.74) is 0.231. The molecule has 1 aromatic heterocycles. The molecule has 0 spiro atoms. The number of morpholine rings is 1. The molecule has 1 aliphatic heterocycles. The molecule has 1 aliphatic rings. The van der Waals surface area contributed by atoms with Gasteiger partial charge in [-0.2, -0.15) is 0 Å². The Kier molecular flexibility index (Phi) is 5.33. The minimum absolute atomic E-state index is 0.104. The molecule has 2 aromatic rings. The van der Waals surface area contributed by atoms with Crippen molar-refractivity contribution in [3.05, 3.63) is 54.0 Å². The second kappa shape index (κ2) is 7.53. The molecular formula is C18H19NO7S. The van der Waals surface area contributed by atoms with Gasteiger partial charge in [0.2, 0.25) is 0 Å². The van der Waals surface area contributed by atoms with Crippen LogP contribution in [-0.2, 0) is 25.1 Å². The fourth-order valence-electron chi connectivity index (χ4n) is 2.95. The molecule has 1 amide bonds. The smallest absolute Gasteiger partial charge is 0.334 e. The first-order valence-corrected chi connectivity index (χ1v) is 9.95. The fraction of sp³-hybridized carbons (Fsp3) is 0.333. The SMILES string of the molecule is C[C@@H]1CN(C(=O)c2occc2CS(=O)(=O)c2ccccc2)CC(C(=O)O)O1.